The summed E-state index contributed by atoms with van der Waals surface area (Å²) < 4.78 is 6.77. The molecule has 2 heterocycles. The first kappa shape index (κ1) is 16.6. The molecule has 7 heteroatoms. The van der Waals surface area contributed by atoms with Crippen LogP contribution in [0.3, 0.4) is 0 Å². The molecule has 0 unspecified atom stereocenters. The van der Waals surface area contributed by atoms with Gasteiger partial charge in [0.1, 0.15) is 0 Å². The van der Waals surface area contributed by atoms with E-state index in [9.17, 15) is 9.59 Å². The second-order valence-electron chi connectivity index (χ2n) is 7.39. The lowest BCUT2D eigenvalue weighted by Gasteiger charge is -2.58. The number of carbonyl (C=O) groups excluding carboxylic acids is 1. The zero-order chi connectivity index (χ0) is 18.5. The third-order valence-corrected chi connectivity index (χ3v) is 5.53. The largest absolute Gasteiger partial charge is 0.465 e. The van der Waals surface area contributed by atoms with E-state index < -0.39 is 6.09 Å². The lowest BCUT2D eigenvalue weighted by molar-refractivity contribution is -0.0775. The van der Waals surface area contributed by atoms with Crippen molar-refractivity contribution in [2.45, 2.75) is 25.8 Å². The number of esters is 1. The maximum atomic E-state index is 11.5. The van der Waals surface area contributed by atoms with Crippen molar-refractivity contribution in [2.24, 2.45) is 5.41 Å². The van der Waals surface area contributed by atoms with Crippen LogP contribution in [0.15, 0.2) is 30.3 Å². The van der Waals surface area contributed by atoms with Gasteiger partial charge < -0.3 is 14.7 Å². The fourth-order valence-corrected chi connectivity index (χ4v) is 4.16. The molecule has 4 rings (SSSR count). The Morgan fingerprint density at radius 3 is 2.46 bits per heavy atom. The zero-order valence-electron chi connectivity index (χ0n) is 14.8. The number of aromatic nitrogens is 2. The van der Waals surface area contributed by atoms with Gasteiger partial charge in [-0.2, -0.15) is 5.10 Å². The molecule has 1 aromatic heterocycles. The summed E-state index contributed by atoms with van der Waals surface area (Å²) in [6.07, 6.45) is 1.12. The average molecular weight is 355 g/mol. The number of carbonyl (C=O) groups is 2. The minimum atomic E-state index is -0.827. The van der Waals surface area contributed by atoms with Gasteiger partial charge in [-0.05, 0) is 38.0 Å². The number of hydrogen-bond acceptors (Lipinski definition) is 4. The second-order valence-corrected chi connectivity index (χ2v) is 7.39. The Kier molecular flexibility index (Phi) is 3.75. The van der Waals surface area contributed by atoms with Gasteiger partial charge >= 0.3 is 12.1 Å². The SMILES string of the molecule is COC(=O)c1ccc(-c2cc(C)n(C3CC4(C3)CN(C(=O)O)C4)n2)cc1. The molecule has 2 aliphatic rings. The molecule has 26 heavy (non-hydrogen) atoms. The van der Waals surface area contributed by atoms with Crippen molar-refractivity contribution < 1.29 is 19.4 Å². The predicted molar refractivity (Wildman–Crippen MR) is 94.0 cm³/mol. The first-order chi connectivity index (χ1) is 12.4. The Balaban J connectivity index is 1.46. The van der Waals surface area contributed by atoms with E-state index in [-0.39, 0.29) is 11.4 Å². The van der Waals surface area contributed by atoms with Gasteiger partial charge in [0.2, 0.25) is 0 Å². The number of amides is 1. The molecule has 1 aliphatic carbocycles. The van der Waals surface area contributed by atoms with Crippen LogP contribution < -0.4 is 0 Å². The number of hydrogen-bond donors (Lipinski definition) is 1. The van der Waals surface area contributed by atoms with E-state index in [1.54, 1.807) is 12.1 Å². The molecule has 1 amide bonds. The van der Waals surface area contributed by atoms with Gasteiger partial charge in [0, 0.05) is 29.8 Å². The van der Waals surface area contributed by atoms with Crippen LogP contribution in [-0.4, -0.2) is 52.0 Å². The quantitative estimate of drug-likeness (QED) is 0.856. The van der Waals surface area contributed by atoms with Crippen LogP contribution in [0.1, 0.15) is 34.9 Å². The molecule has 0 radical (unpaired) electrons. The smallest absolute Gasteiger partial charge is 0.407 e. The van der Waals surface area contributed by atoms with Crippen molar-refractivity contribution >= 4 is 12.1 Å². The minimum Gasteiger partial charge on any atom is -0.465 e. The topological polar surface area (TPSA) is 84.7 Å². The molecule has 0 bridgehead atoms. The molecule has 1 aliphatic heterocycles. The molecule has 7 nitrogen and oxygen atoms in total. The van der Waals surface area contributed by atoms with Crippen LogP contribution in [0.5, 0.6) is 0 Å². The van der Waals surface area contributed by atoms with Crippen LogP contribution in [0.2, 0.25) is 0 Å². The molecule has 1 saturated heterocycles. The monoisotopic (exact) mass is 355 g/mol. The summed E-state index contributed by atoms with van der Waals surface area (Å²) in [7, 11) is 1.37. The highest BCUT2D eigenvalue weighted by atomic mass is 16.5. The Hall–Kier alpha value is -2.83. The standard InChI is InChI=1S/C19H21N3O4/c1-12-7-16(13-3-5-14(6-4-13)17(23)26-2)20-22(12)15-8-19(9-15)10-21(11-19)18(24)25/h3-7,15H,8-11H2,1-2H3,(H,24,25). The summed E-state index contributed by atoms with van der Waals surface area (Å²) in [4.78, 5) is 23.9. The molecule has 1 aromatic carbocycles. The van der Waals surface area contributed by atoms with Gasteiger partial charge in [-0.15, -0.1) is 0 Å². The van der Waals surface area contributed by atoms with Gasteiger partial charge in [-0.1, -0.05) is 12.1 Å². The average Bonchev–Trinajstić information content (AvgIpc) is 2.93. The third-order valence-electron chi connectivity index (χ3n) is 5.53. The lowest BCUT2D eigenvalue weighted by atomic mass is 9.61. The Labute approximate surface area is 151 Å². The van der Waals surface area contributed by atoms with E-state index in [1.165, 1.54) is 12.0 Å². The number of likely N-dealkylation sites (tertiary alicyclic amines) is 1. The predicted octanol–water partition coefficient (Wildman–Crippen LogP) is 2.96. The second kappa shape index (κ2) is 5.86. The number of methoxy groups -OCH3 is 1. The van der Waals surface area contributed by atoms with E-state index >= 15 is 0 Å². The molecular weight excluding hydrogens is 334 g/mol. The maximum Gasteiger partial charge on any atom is 0.407 e. The molecule has 2 aromatic rings. The van der Waals surface area contributed by atoms with E-state index in [1.807, 2.05) is 25.1 Å². The van der Waals surface area contributed by atoms with E-state index in [0.29, 0.717) is 24.7 Å². The van der Waals surface area contributed by atoms with Crippen LogP contribution in [0.4, 0.5) is 4.79 Å². The molecule has 136 valence electrons. The van der Waals surface area contributed by atoms with E-state index in [2.05, 4.69) is 4.68 Å². The van der Waals surface area contributed by atoms with Gasteiger partial charge in [-0.25, -0.2) is 9.59 Å². The van der Waals surface area contributed by atoms with Crippen LogP contribution >= 0.6 is 0 Å². The highest BCUT2D eigenvalue weighted by molar-refractivity contribution is 5.89. The highest BCUT2D eigenvalue weighted by Crippen LogP contribution is 2.54. The van der Waals surface area contributed by atoms with Crippen molar-refractivity contribution in [2.75, 3.05) is 20.2 Å². The summed E-state index contributed by atoms with van der Waals surface area (Å²) in [6.45, 7) is 3.32. The van der Waals surface area contributed by atoms with Crippen molar-refractivity contribution in [3.8, 4) is 11.3 Å². The molecule has 1 spiro atoms. The number of aryl methyl sites for hydroxylation is 1. The van der Waals surface area contributed by atoms with E-state index in [4.69, 9.17) is 14.9 Å². The lowest BCUT2D eigenvalue weighted by Crippen LogP contribution is -2.63. The number of nitrogens with zero attached hydrogens (tertiary/aromatic N) is 3. The Bertz CT molecular complexity index is 857. The summed E-state index contributed by atoms with van der Waals surface area (Å²) >= 11 is 0. The molecule has 1 N–H and O–H groups in total. The van der Waals surface area contributed by atoms with Crippen molar-refractivity contribution in [3.63, 3.8) is 0 Å². The summed E-state index contributed by atoms with van der Waals surface area (Å²) in [6, 6.07) is 9.59. The van der Waals surface area contributed by atoms with Gasteiger partial charge in [0.05, 0.1) is 24.4 Å². The van der Waals surface area contributed by atoms with Crippen LogP contribution in [0.25, 0.3) is 11.3 Å². The van der Waals surface area contributed by atoms with Crippen molar-refractivity contribution in [1.29, 1.82) is 0 Å². The molecule has 2 fully saturated rings. The van der Waals surface area contributed by atoms with Crippen LogP contribution in [0, 0.1) is 12.3 Å². The summed E-state index contributed by atoms with van der Waals surface area (Å²) in [5, 5.41) is 13.7. The fourth-order valence-electron chi connectivity index (χ4n) is 4.16. The summed E-state index contributed by atoms with van der Waals surface area (Å²) in [5.74, 6) is -0.353. The first-order valence-electron chi connectivity index (χ1n) is 8.64. The molecular formula is C19H21N3O4. The van der Waals surface area contributed by atoms with E-state index in [0.717, 1.165) is 29.8 Å². The van der Waals surface area contributed by atoms with Crippen molar-refractivity contribution in [1.82, 2.24) is 14.7 Å². The summed E-state index contributed by atoms with van der Waals surface area (Å²) in [5.41, 5.74) is 3.59. The zero-order valence-corrected chi connectivity index (χ0v) is 14.8. The number of benzene rings is 1. The van der Waals surface area contributed by atoms with Gasteiger partial charge in [0.25, 0.3) is 0 Å². The Morgan fingerprint density at radius 1 is 1.23 bits per heavy atom. The Morgan fingerprint density at radius 2 is 1.88 bits per heavy atom. The third kappa shape index (κ3) is 2.64. The highest BCUT2D eigenvalue weighted by Gasteiger charge is 2.54. The number of rotatable bonds is 3. The fraction of sp³-hybridized carbons (Fsp3) is 0.421. The van der Waals surface area contributed by atoms with Crippen LogP contribution in [-0.2, 0) is 4.74 Å². The number of ether oxygens (including phenoxy) is 1. The molecule has 0 atom stereocenters. The van der Waals surface area contributed by atoms with Gasteiger partial charge in [-0.3, -0.25) is 4.68 Å². The normalized spacial score (nSPS) is 18.3. The number of carboxylic acid groups (broad SMARTS) is 1. The van der Waals surface area contributed by atoms with Gasteiger partial charge in [0.15, 0.2) is 0 Å². The maximum absolute atomic E-state index is 11.5. The first-order valence-corrected chi connectivity index (χ1v) is 8.64. The minimum absolute atomic E-state index is 0.157. The van der Waals surface area contributed by atoms with Crippen molar-refractivity contribution in [3.05, 3.63) is 41.6 Å². The molecule has 1 saturated carbocycles.